The van der Waals surface area contributed by atoms with Gasteiger partial charge in [-0.25, -0.2) is 0 Å². The van der Waals surface area contributed by atoms with Crippen molar-refractivity contribution in [2.45, 2.75) is 128 Å². The average Bonchev–Trinajstić information content (AvgIpc) is 3.69. The van der Waals surface area contributed by atoms with Crippen LogP contribution in [0.5, 0.6) is 0 Å². The molecule has 3 aromatic carbocycles. The van der Waals surface area contributed by atoms with Crippen molar-refractivity contribution in [1.29, 1.82) is 0 Å². The molecule has 0 saturated heterocycles. The van der Waals surface area contributed by atoms with Crippen molar-refractivity contribution in [3.8, 4) is 22.4 Å². The zero-order valence-corrected chi connectivity index (χ0v) is 39.9. The zero-order valence-electron chi connectivity index (χ0n) is 35.9. The molecule has 3 heterocycles. The molecule has 0 aliphatic rings. The number of hydrogen-bond acceptors (Lipinski definition) is 5. The Bertz CT molecular complexity index is 2340. The Morgan fingerprint density at radius 3 is 2.07 bits per heavy atom. The number of carbonyl (C=O) groups excluding carboxylic acids is 1. The summed E-state index contributed by atoms with van der Waals surface area (Å²) in [6.45, 7) is 28.0. The van der Waals surface area contributed by atoms with Gasteiger partial charge in [-0.15, -0.1) is 51.8 Å². The Morgan fingerprint density at radius 1 is 0.821 bits per heavy atom. The van der Waals surface area contributed by atoms with Crippen molar-refractivity contribution in [2.75, 3.05) is 0 Å². The second-order valence-corrected chi connectivity index (χ2v) is 19.8. The minimum absolute atomic E-state index is 0. The number of allylic oxidation sites excluding steroid dienone is 2. The number of benzene rings is 3. The van der Waals surface area contributed by atoms with Crippen LogP contribution in [0, 0.1) is 36.7 Å². The number of aryl methyl sites for hydroxylation is 2. The predicted octanol–water partition coefficient (Wildman–Crippen LogP) is 15.6. The van der Waals surface area contributed by atoms with Gasteiger partial charge in [0, 0.05) is 62.5 Å². The number of hydrogen-bond donors (Lipinski definition) is 1. The molecule has 0 unspecified atom stereocenters. The summed E-state index contributed by atoms with van der Waals surface area (Å²) < 4.78 is 1.38. The Kier molecular flexibility index (Phi) is 14.8. The fourth-order valence-electron chi connectivity index (χ4n) is 7.19. The molecule has 0 saturated carbocycles. The van der Waals surface area contributed by atoms with E-state index in [1.807, 2.05) is 52.9 Å². The Labute approximate surface area is 358 Å². The molecule has 0 spiro atoms. The number of nitrogens with zero attached hydrogens (tertiary/aromatic N) is 1. The van der Waals surface area contributed by atoms with Gasteiger partial charge in [0.1, 0.15) is 10.6 Å². The number of aromatic nitrogens is 1. The van der Waals surface area contributed by atoms with Crippen LogP contribution < -0.4 is 0 Å². The molecule has 0 bridgehead atoms. The minimum atomic E-state index is -0.337. The van der Waals surface area contributed by atoms with Crippen molar-refractivity contribution in [3.05, 3.63) is 99.4 Å². The van der Waals surface area contributed by atoms with Crippen molar-refractivity contribution in [2.24, 2.45) is 16.7 Å². The molecule has 6 aromatic rings. The molecule has 0 fully saturated rings. The van der Waals surface area contributed by atoms with Crippen LogP contribution in [0.25, 0.3) is 53.5 Å². The second-order valence-electron chi connectivity index (χ2n) is 17.4. The van der Waals surface area contributed by atoms with Crippen LogP contribution in [0.3, 0.4) is 0 Å². The maximum absolute atomic E-state index is 12.2. The first-order valence-corrected chi connectivity index (χ1v) is 21.9. The minimum Gasteiger partial charge on any atom is -0.512 e. The van der Waals surface area contributed by atoms with Gasteiger partial charge in [-0.3, -0.25) is 9.78 Å². The summed E-state index contributed by atoms with van der Waals surface area (Å²) in [5, 5.41) is 15.2. The van der Waals surface area contributed by atoms with Crippen molar-refractivity contribution in [3.63, 3.8) is 0 Å². The summed E-state index contributed by atoms with van der Waals surface area (Å²) in [6.07, 6.45) is 5.89. The molecular formula is C50H62IrNO2S2-. The monoisotopic (exact) mass is 965 g/mol. The fourth-order valence-corrected chi connectivity index (χ4v) is 9.56. The summed E-state index contributed by atoms with van der Waals surface area (Å²) >= 11 is 3.74. The number of fused-ring (bicyclic) bond motifs is 3. The molecule has 1 radical (unpaired) electrons. The van der Waals surface area contributed by atoms with Crippen molar-refractivity contribution < 1.29 is 30.0 Å². The van der Waals surface area contributed by atoms with E-state index in [2.05, 4.69) is 115 Å². The molecule has 3 aromatic heterocycles. The van der Waals surface area contributed by atoms with Crippen LogP contribution in [-0.4, -0.2) is 15.9 Å². The first-order chi connectivity index (χ1) is 25.9. The SMILES string of the molecule is CCC(C)(CC)C(=O)/C=C(\O)C(C)(CC)CC.Cc1cc2c(-c3ccc4c(C)c(CC(C)C)sc4c3)cc(-c3[c-]c4ccccc4c(C(C)(C)C)c3)nc2s1.[Ir]. The van der Waals surface area contributed by atoms with E-state index in [9.17, 15) is 9.90 Å². The molecule has 0 atom stereocenters. The fraction of sp³-hybridized carbons (Fsp3) is 0.440. The van der Waals surface area contributed by atoms with E-state index >= 15 is 0 Å². The third-order valence-corrected chi connectivity index (χ3v) is 14.3. The summed E-state index contributed by atoms with van der Waals surface area (Å²) in [7, 11) is 0. The number of ketones is 1. The Morgan fingerprint density at radius 2 is 1.46 bits per heavy atom. The molecule has 56 heavy (non-hydrogen) atoms. The molecule has 301 valence electrons. The molecule has 1 N–H and O–H groups in total. The third-order valence-electron chi connectivity index (χ3n) is 12.0. The van der Waals surface area contributed by atoms with E-state index in [0.717, 1.165) is 53.6 Å². The average molecular weight is 965 g/mol. The molecule has 3 nitrogen and oxygen atoms in total. The maximum Gasteiger partial charge on any atom is 0.164 e. The number of thiophene rings is 2. The van der Waals surface area contributed by atoms with Crippen LogP contribution in [0.2, 0.25) is 0 Å². The number of aliphatic hydroxyl groups excluding tert-OH is 1. The van der Waals surface area contributed by atoms with E-state index in [4.69, 9.17) is 4.98 Å². The molecule has 6 rings (SSSR count). The summed E-state index contributed by atoms with van der Waals surface area (Å²) in [6, 6.07) is 26.2. The van der Waals surface area contributed by atoms with Gasteiger partial charge >= 0.3 is 0 Å². The van der Waals surface area contributed by atoms with E-state index in [-0.39, 0.29) is 47.9 Å². The molecular weight excluding hydrogens is 903 g/mol. The number of rotatable bonds is 11. The summed E-state index contributed by atoms with van der Waals surface area (Å²) in [5.74, 6) is 0.947. The van der Waals surface area contributed by atoms with E-state index in [1.165, 1.54) is 58.9 Å². The predicted molar refractivity (Wildman–Crippen MR) is 242 cm³/mol. The van der Waals surface area contributed by atoms with Gasteiger partial charge in [-0.2, -0.15) is 0 Å². The van der Waals surface area contributed by atoms with Gasteiger partial charge in [-0.1, -0.05) is 124 Å². The van der Waals surface area contributed by atoms with Crippen LogP contribution in [0.15, 0.2) is 72.5 Å². The van der Waals surface area contributed by atoms with Gasteiger partial charge in [0.25, 0.3) is 0 Å². The topological polar surface area (TPSA) is 50.2 Å². The quantitative estimate of drug-likeness (QED) is 0.0800. The van der Waals surface area contributed by atoms with Gasteiger partial charge < -0.3 is 5.11 Å². The van der Waals surface area contributed by atoms with Gasteiger partial charge in [0.15, 0.2) is 5.78 Å². The Hall–Kier alpha value is -3.15. The normalized spacial score (nSPS) is 12.6. The second kappa shape index (κ2) is 18.2. The first-order valence-electron chi connectivity index (χ1n) is 20.2. The van der Waals surface area contributed by atoms with E-state index in [1.54, 1.807) is 11.3 Å². The van der Waals surface area contributed by atoms with Gasteiger partial charge in [-0.05, 0) is 91.5 Å². The number of aliphatic hydroxyl groups is 1. The zero-order chi connectivity index (χ0) is 40.5. The Balaban J connectivity index is 0.000000330. The molecule has 0 aliphatic carbocycles. The number of pyridine rings is 1. The molecule has 6 heteroatoms. The summed E-state index contributed by atoms with van der Waals surface area (Å²) in [4.78, 5) is 21.3. The number of carbonyl (C=O) groups is 1. The molecule has 0 amide bonds. The largest absolute Gasteiger partial charge is 0.512 e. The van der Waals surface area contributed by atoms with Crippen molar-refractivity contribution in [1.82, 2.24) is 4.98 Å². The maximum atomic E-state index is 12.2. The van der Waals surface area contributed by atoms with Crippen LogP contribution >= 0.6 is 22.7 Å². The van der Waals surface area contributed by atoms with Crippen LogP contribution in [-0.2, 0) is 36.7 Å². The van der Waals surface area contributed by atoms with E-state index in [0.29, 0.717) is 5.92 Å². The smallest absolute Gasteiger partial charge is 0.164 e. The standard InChI is InChI=1S/C35H34NS2.C15H28O2.Ir/c1-20(2)14-32-22(4)26-13-12-24(18-33(26)38-32)28-19-31(36-34-29(28)15-21(3)37-34)25-16-23-10-8-9-11-27(23)30(17-25)35(5,6)7;1-7-14(5,8-2)12(16)11-13(17)15(6,9-3)10-4;/h8-13,15,17-20H,14H2,1-7H3;11,16H,7-10H2,1-6H3;/q-1;;/b;12-11-;. The first kappa shape index (κ1) is 45.6. The van der Waals surface area contributed by atoms with Crippen molar-refractivity contribution >= 4 is 59.5 Å². The third kappa shape index (κ3) is 9.58. The van der Waals surface area contributed by atoms with Gasteiger partial charge in [0.05, 0.1) is 0 Å². The van der Waals surface area contributed by atoms with Crippen LogP contribution in [0.4, 0.5) is 0 Å². The van der Waals surface area contributed by atoms with Crippen LogP contribution in [0.1, 0.15) is 123 Å². The molecule has 0 aliphatic heterocycles. The van der Waals surface area contributed by atoms with Gasteiger partial charge in [0.2, 0.25) is 0 Å². The summed E-state index contributed by atoms with van der Waals surface area (Å²) in [5.41, 5.74) is 6.77. The van der Waals surface area contributed by atoms with E-state index < -0.39 is 0 Å².